The van der Waals surface area contributed by atoms with Gasteiger partial charge in [0.25, 0.3) is 0 Å². The van der Waals surface area contributed by atoms with Crippen molar-refractivity contribution < 1.29 is 9.53 Å². The molecule has 0 aromatic carbocycles. The first-order valence-electron chi connectivity index (χ1n) is 6.36. The molecule has 0 bridgehead atoms. The number of nitrogens with two attached hydrogens (primary N) is 1. The van der Waals surface area contributed by atoms with Gasteiger partial charge in [0.05, 0.1) is 0 Å². The number of hydrogen-bond donors (Lipinski definition) is 2. The van der Waals surface area contributed by atoms with Gasteiger partial charge in [-0.05, 0) is 37.5 Å². The fraction of sp³-hybridized carbons (Fsp3) is 0.917. The molecule has 4 nitrogen and oxygen atoms in total. The van der Waals surface area contributed by atoms with Gasteiger partial charge in [-0.1, -0.05) is 0 Å². The maximum Gasteiger partial charge on any atom is 0.220 e. The average molecular weight is 226 g/mol. The lowest BCUT2D eigenvalue weighted by Crippen LogP contribution is -2.41. The van der Waals surface area contributed by atoms with E-state index in [9.17, 15) is 4.79 Å². The highest BCUT2D eigenvalue weighted by atomic mass is 16.5. The molecule has 2 rings (SSSR count). The molecule has 0 aromatic heterocycles. The lowest BCUT2D eigenvalue weighted by atomic mass is 10.0. The Balaban J connectivity index is 1.62. The Morgan fingerprint density at radius 1 is 1.44 bits per heavy atom. The lowest BCUT2D eigenvalue weighted by molar-refractivity contribution is -0.122. The van der Waals surface area contributed by atoms with E-state index in [1.807, 2.05) is 0 Å². The summed E-state index contributed by atoms with van der Waals surface area (Å²) in [6.45, 7) is 2.26. The Morgan fingerprint density at radius 2 is 2.25 bits per heavy atom. The van der Waals surface area contributed by atoms with Gasteiger partial charge < -0.3 is 15.8 Å². The van der Waals surface area contributed by atoms with Crippen LogP contribution in [0.15, 0.2) is 0 Å². The molecule has 4 heteroatoms. The topological polar surface area (TPSA) is 64.3 Å². The van der Waals surface area contributed by atoms with Crippen LogP contribution in [-0.4, -0.2) is 31.7 Å². The summed E-state index contributed by atoms with van der Waals surface area (Å²) in [6.07, 6.45) is 5.12. The van der Waals surface area contributed by atoms with Crippen molar-refractivity contribution in [1.29, 1.82) is 0 Å². The fourth-order valence-corrected chi connectivity index (χ4v) is 2.29. The van der Waals surface area contributed by atoms with Crippen LogP contribution in [0.4, 0.5) is 0 Å². The van der Waals surface area contributed by atoms with Gasteiger partial charge in [-0.2, -0.15) is 0 Å². The summed E-state index contributed by atoms with van der Waals surface area (Å²) >= 11 is 0. The smallest absolute Gasteiger partial charge is 0.220 e. The summed E-state index contributed by atoms with van der Waals surface area (Å²) in [7, 11) is 0. The van der Waals surface area contributed by atoms with Crippen molar-refractivity contribution in [3.05, 3.63) is 0 Å². The van der Waals surface area contributed by atoms with E-state index in [0.717, 1.165) is 26.1 Å². The lowest BCUT2D eigenvalue weighted by Gasteiger charge is -2.16. The summed E-state index contributed by atoms with van der Waals surface area (Å²) in [4.78, 5) is 11.7. The normalized spacial score (nSPS) is 26.7. The van der Waals surface area contributed by atoms with Crippen LogP contribution in [0, 0.1) is 11.8 Å². The van der Waals surface area contributed by atoms with Crippen molar-refractivity contribution in [1.82, 2.24) is 5.32 Å². The number of ether oxygens (including phenoxy) is 1. The molecule has 0 radical (unpaired) electrons. The largest absolute Gasteiger partial charge is 0.381 e. The van der Waals surface area contributed by atoms with E-state index in [1.54, 1.807) is 0 Å². The van der Waals surface area contributed by atoms with Crippen molar-refractivity contribution in [2.24, 2.45) is 17.6 Å². The van der Waals surface area contributed by atoms with Crippen LogP contribution in [-0.2, 0) is 9.53 Å². The van der Waals surface area contributed by atoms with Gasteiger partial charge in [-0.3, -0.25) is 4.79 Å². The van der Waals surface area contributed by atoms with Crippen molar-refractivity contribution in [2.45, 2.75) is 38.1 Å². The van der Waals surface area contributed by atoms with E-state index in [2.05, 4.69) is 5.32 Å². The molecular formula is C12H22N2O2. The highest BCUT2D eigenvalue weighted by molar-refractivity contribution is 5.76. The first-order valence-corrected chi connectivity index (χ1v) is 6.36. The van der Waals surface area contributed by atoms with Gasteiger partial charge in [0.15, 0.2) is 0 Å². The van der Waals surface area contributed by atoms with Gasteiger partial charge >= 0.3 is 0 Å². The molecule has 1 aliphatic heterocycles. The Bertz CT molecular complexity index is 235. The number of carbonyl (C=O) groups excluding carboxylic acids is 1. The minimum Gasteiger partial charge on any atom is -0.381 e. The Labute approximate surface area is 96.9 Å². The van der Waals surface area contributed by atoms with Crippen LogP contribution in [0.5, 0.6) is 0 Å². The SMILES string of the molecule is NCC(NC(=O)CCC1CCOC1)C1CC1. The van der Waals surface area contributed by atoms with Gasteiger partial charge in [0.1, 0.15) is 0 Å². The van der Waals surface area contributed by atoms with Gasteiger partial charge in [0.2, 0.25) is 5.91 Å². The zero-order chi connectivity index (χ0) is 11.4. The van der Waals surface area contributed by atoms with Crippen molar-refractivity contribution in [3.63, 3.8) is 0 Å². The first-order chi connectivity index (χ1) is 7.79. The summed E-state index contributed by atoms with van der Waals surface area (Å²) in [5.74, 6) is 1.39. The van der Waals surface area contributed by atoms with E-state index in [1.165, 1.54) is 12.8 Å². The van der Waals surface area contributed by atoms with Crippen LogP contribution in [0.3, 0.4) is 0 Å². The second-order valence-electron chi connectivity index (χ2n) is 5.02. The highest BCUT2D eigenvalue weighted by Gasteiger charge is 2.31. The molecule has 1 amide bonds. The third-order valence-electron chi connectivity index (χ3n) is 3.59. The standard InChI is InChI=1S/C12H22N2O2/c13-7-11(10-2-3-10)14-12(15)4-1-9-5-6-16-8-9/h9-11H,1-8,13H2,(H,14,15). The number of rotatable bonds is 6. The molecule has 1 saturated carbocycles. The van der Waals surface area contributed by atoms with Crippen molar-refractivity contribution in [2.75, 3.05) is 19.8 Å². The van der Waals surface area contributed by atoms with Crippen LogP contribution in [0.2, 0.25) is 0 Å². The molecule has 2 atom stereocenters. The van der Waals surface area contributed by atoms with Gasteiger partial charge in [0, 0.05) is 32.2 Å². The molecule has 3 N–H and O–H groups in total. The minimum absolute atomic E-state index is 0.161. The molecule has 2 fully saturated rings. The summed E-state index contributed by atoms with van der Waals surface area (Å²) in [5.41, 5.74) is 5.65. The zero-order valence-electron chi connectivity index (χ0n) is 9.78. The maximum atomic E-state index is 11.7. The molecule has 16 heavy (non-hydrogen) atoms. The van der Waals surface area contributed by atoms with E-state index in [-0.39, 0.29) is 11.9 Å². The molecule has 1 aliphatic carbocycles. The van der Waals surface area contributed by atoms with Crippen molar-refractivity contribution >= 4 is 5.91 Å². The molecule has 1 saturated heterocycles. The number of carbonyl (C=O) groups is 1. The Kier molecular flexibility index (Phi) is 4.18. The Hall–Kier alpha value is -0.610. The Morgan fingerprint density at radius 3 is 2.81 bits per heavy atom. The fourth-order valence-electron chi connectivity index (χ4n) is 2.29. The van der Waals surface area contributed by atoms with Crippen LogP contribution in [0.25, 0.3) is 0 Å². The summed E-state index contributed by atoms with van der Waals surface area (Å²) in [5, 5.41) is 3.05. The summed E-state index contributed by atoms with van der Waals surface area (Å²) < 4.78 is 5.29. The van der Waals surface area contributed by atoms with E-state index < -0.39 is 0 Å². The quantitative estimate of drug-likeness (QED) is 0.699. The molecule has 1 heterocycles. The summed E-state index contributed by atoms with van der Waals surface area (Å²) in [6, 6.07) is 0.215. The molecule has 0 spiro atoms. The molecular weight excluding hydrogens is 204 g/mol. The van der Waals surface area contributed by atoms with E-state index in [0.29, 0.717) is 24.8 Å². The second-order valence-corrected chi connectivity index (χ2v) is 5.02. The van der Waals surface area contributed by atoms with Gasteiger partial charge in [-0.25, -0.2) is 0 Å². The van der Waals surface area contributed by atoms with Crippen LogP contribution >= 0.6 is 0 Å². The molecule has 2 unspecified atom stereocenters. The third kappa shape index (κ3) is 3.46. The van der Waals surface area contributed by atoms with E-state index >= 15 is 0 Å². The molecule has 2 aliphatic rings. The predicted molar refractivity (Wildman–Crippen MR) is 61.9 cm³/mol. The van der Waals surface area contributed by atoms with Crippen molar-refractivity contribution in [3.8, 4) is 0 Å². The van der Waals surface area contributed by atoms with Crippen LogP contribution in [0.1, 0.15) is 32.1 Å². The van der Waals surface area contributed by atoms with Gasteiger partial charge in [-0.15, -0.1) is 0 Å². The minimum atomic E-state index is 0.161. The molecule has 92 valence electrons. The number of amides is 1. The maximum absolute atomic E-state index is 11.7. The predicted octanol–water partition coefficient (Wildman–Crippen LogP) is 0.657. The first kappa shape index (κ1) is 11.9. The highest BCUT2D eigenvalue weighted by Crippen LogP contribution is 2.32. The number of hydrogen-bond acceptors (Lipinski definition) is 3. The van der Waals surface area contributed by atoms with Crippen LogP contribution < -0.4 is 11.1 Å². The number of nitrogens with one attached hydrogen (secondary N) is 1. The zero-order valence-corrected chi connectivity index (χ0v) is 9.78. The van der Waals surface area contributed by atoms with E-state index in [4.69, 9.17) is 10.5 Å². The molecule has 0 aromatic rings. The second kappa shape index (κ2) is 5.64. The monoisotopic (exact) mass is 226 g/mol. The third-order valence-corrected chi connectivity index (χ3v) is 3.59. The average Bonchev–Trinajstić information content (AvgIpc) is 3.00.